The topological polar surface area (TPSA) is 21.3 Å². The average molecular weight is 261 g/mol. The molecule has 2 heteroatoms. The van der Waals surface area contributed by atoms with E-state index in [4.69, 9.17) is 4.74 Å². The molecule has 1 saturated carbocycles. The molecular weight excluding hydrogens is 234 g/mol. The lowest BCUT2D eigenvalue weighted by Crippen LogP contribution is -2.36. The first-order valence-corrected chi connectivity index (χ1v) is 7.61. The van der Waals surface area contributed by atoms with Gasteiger partial charge in [-0.25, -0.2) is 0 Å². The Kier molecular flexibility index (Phi) is 5.26. The van der Waals surface area contributed by atoms with E-state index in [0.29, 0.717) is 12.1 Å². The Bertz CT molecular complexity index is 385. The minimum absolute atomic E-state index is 0.341. The fourth-order valence-electron chi connectivity index (χ4n) is 3.28. The van der Waals surface area contributed by atoms with Gasteiger partial charge in [-0.1, -0.05) is 37.5 Å². The van der Waals surface area contributed by atoms with Crippen molar-refractivity contribution < 1.29 is 4.74 Å². The third-order valence-corrected chi connectivity index (χ3v) is 4.48. The fraction of sp³-hybridized carbons (Fsp3) is 0.647. The summed E-state index contributed by atoms with van der Waals surface area (Å²) in [6.45, 7) is 4.57. The Morgan fingerprint density at radius 1 is 1.11 bits per heavy atom. The lowest BCUT2D eigenvalue weighted by molar-refractivity contribution is 0.266. The quantitative estimate of drug-likeness (QED) is 0.852. The van der Waals surface area contributed by atoms with Crippen LogP contribution in [0.2, 0.25) is 0 Å². The molecule has 1 unspecified atom stereocenters. The second-order valence-electron chi connectivity index (χ2n) is 5.82. The van der Waals surface area contributed by atoms with Gasteiger partial charge in [0.2, 0.25) is 0 Å². The molecule has 1 N–H and O–H groups in total. The highest BCUT2D eigenvalue weighted by Gasteiger charge is 2.22. The summed E-state index contributed by atoms with van der Waals surface area (Å²) in [5, 5.41) is 3.76. The van der Waals surface area contributed by atoms with Gasteiger partial charge in [-0.2, -0.15) is 0 Å². The van der Waals surface area contributed by atoms with Crippen molar-refractivity contribution in [2.45, 2.75) is 58.0 Å². The first-order valence-electron chi connectivity index (χ1n) is 7.61. The van der Waals surface area contributed by atoms with E-state index in [1.165, 1.54) is 37.7 Å². The van der Waals surface area contributed by atoms with E-state index in [1.807, 2.05) is 12.1 Å². The van der Waals surface area contributed by atoms with E-state index < -0.39 is 0 Å². The molecule has 0 amide bonds. The van der Waals surface area contributed by atoms with Crippen LogP contribution in [-0.4, -0.2) is 13.2 Å². The van der Waals surface area contributed by atoms with Gasteiger partial charge in [-0.05, 0) is 38.7 Å². The van der Waals surface area contributed by atoms with Crippen LogP contribution in [0.1, 0.15) is 57.6 Å². The van der Waals surface area contributed by atoms with Crippen molar-refractivity contribution in [3.8, 4) is 5.75 Å². The highest BCUT2D eigenvalue weighted by molar-refractivity contribution is 5.35. The zero-order valence-electron chi connectivity index (χ0n) is 12.5. The third-order valence-electron chi connectivity index (χ3n) is 4.48. The molecule has 19 heavy (non-hydrogen) atoms. The van der Waals surface area contributed by atoms with E-state index >= 15 is 0 Å². The Hall–Kier alpha value is -1.02. The second kappa shape index (κ2) is 6.95. The van der Waals surface area contributed by atoms with E-state index in [0.717, 1.165) is 11.7 Å². The van der Waals surface area contributed by atoms with Crippen molar-refractivity contribution in [3.05, 3.63) is 29.8 Å². The summed E-state index contributed by atoms with van der Waals surface area (Å²) in [6.07, 6.45) is 6.99. The molecule has 0 heterocycles. The number of hydrogen-bond acceptors (Lipinski definition) is 2. The zero-order valence-corrected chi connectivity index (χ0v) is 12.5. The molecule has 2 nitrogen and oxygen atoms in total. The smallest absolute Gasteiger partial charge is 0.123 e. The normalized spacial score (nSPS) is 19.9. The van der Waals surface area contributed by atoms with Crippen molar-refractivity contribution in [1.29, 1.82) is 0 Å². The van der Waals surface area contributed by atoms with Gasteiger partial charge in [-0.3, -0.25) is 0 Å². The number of methoxy groups -OCH3 is 1. The zero-order chi connectivity index (χ0) is 13.7. The van der Waals surface area contributed by atoms with Gasteiger partial charge in [0.25, 0.3) is 0 Å². The minimum atomic E-state index is 0.341. The number of para-hydroxylation sites is 1. The second-order valence-corrected chi connectivity index (χ2v) is 5.82. The van der Waals surface area contributed by atoms with Gasteiger partial charge < -0.3 is 10.1 Å². The van der Waals surface area contributed by atoms with Gasteiger partial charge >= 0.3 is 0 Å². The summed E-state index contributed by atoms with van der Waals surface area (Å²) in [7, 11) is 1.75. The number of rotatable bonds is 5. The Morgan fingerprint density at radius 3 is 2.47 bits per heavy atom. The Morgan fingerprint density at radius 2 is 1.79 bits per heavy atom. The van der Waals surface area contributed by atoms with Crippen molar-refractivity contribution in [3.63, 3.8) is 0 Å². The van der Waals surface area contributed by atoms with Crippen molar-refractivity contribution in [1.82, 2.24) is 5.32 Å². The largest absolute Gasteiger partial charge is 0.496 e. The number of nitrogens with one attached hydrogen (secondary N) is 1. The maximum absolute atomic E-state index is 5.45. The van der Waals surface area contributed by atoms with E-state index in [1.54, 1.807) is 7.11 Å². The standard InChI is InChI=1S/C17H27NO/c1-13(15-9-5-4-6-10-15)18-14(2)16-11-7-8-12-17(16)19-3/h7-8,11-15,18H,4-6,9-10H2,1-3H3/t13-,14?/m0/s1. The van der Waals surface area contributed by atoms with Gasteiger partial charge in [0.15, 0.2) is 0 Å². The fourth-order valence-corrected chi connectivity index (χ4v) is 3.28. The summed E-state index contributed by atoms with van der Waals surface area (Å²) in [4.78, 5) is 0. The molecule has 0 radical (unpaired) electrons. The molecule has 0 saturated heterocycles. The molecule has 0 aliphatic heterocycles. The third kappa shape index (κ3) is 3.73. The van der Waals surface area contributed by atoms with Crippen molar-refractivity contribution >= 4 is 0 Å². The van der Waals surface area contributed by atoms with Crippen molar-refractivity contribution in [2.24, 2.45) is 5.92 Å². The first-order chi connectivity index (χ1) is 9.22. The number of ether oxygens (including phenoxy) is 1. The highest BCUT2D eigenvalue weighted by atomic mass is 16.5. The number of benzene rings is 1. The van der Waals surface area contributed by atoms with Crippen LogP contribution in [0.25, 0.3) is 0 Å². The van der Waals surface area contributed by atoms with Crippen LogP contribution < -0.4 is 10.1 Å². The van der Waals surface area contributed by atoms with Crippen LogP contribution in [0.4, 0.5) is 0 Å². The Labute approximate surface area is 117 Å². The summed E-state index contributed by atoms with van der Waals surface area (Å²) in [5.74, 6) is 1.82. The molecule has 2 atom stereocenters. The molecule has 2 rings (SSSR count). The van der Waals surface area contributed by atoms with Crippen molar-refractivity contribution in [2.75, 3.05) is 7.11 Å². The Balaban J connectivity index is 1.97. The lowest BCUT2D eigenvalue weighted by atomic mass is 9.84. The summed E-state index contributed by atoms with van der Waals surface area (Å²) in [5.41, 5.74) is 1.26. The summed E-state index contributed by atoms with van der Waals surface area (Å²) in [6, 6.07) is 9.23. The number of hydrogen-bond donors (Lipinski definition) is 1. The molecular formula is C17H27NO. The molecule has 0 bridgehead atoms. The van der Waals surface area contributed by atoms with E-state index in [-0.39, 0.29) is 0 Å². The monoisotopic (exact) mass is 261 g/mol. The minimum Gasteiger partial charge on any atom is -0.496 e. The first kappa shape index (κ1) is 14.4. The van der Waals surface area contributed by atoms with Crippen LogP contribution in [0.15, 0.2) is 24.3 Å². The van der Waals surface area contributed by atoms with Crippen LogP contribution in [-0.2, 0) is 0 Å². The molecule has 0 spiro atoms. The molecule has 1 aromatic carbocycles. The van der Waals surface area contributed by atoms with Crippen LogP contribution >= 0.6 is 0 Å². The molecule has 106 valence electrons. The molecule has 1 fully saturated rings. The molecule has 0 aromatic heterocycles. The van der Waals surface area contributed by atoms with Gasteiger partial charge in [-0.15, -0.1) is 0 Å². The van der Waals surface area contributed by atoms with E-state index in [2.05, 4.69) is 31.3 Å². The predicted molar refractivity (Wildman–Crippen MR) is 80.6 cm³/mol. The maximum atomic E-state index is 5.45. The van der Waals surface area contributed by atoms with Crippen LogP contribution in [0.5, 0.6) is 5.75 Å². The van der Waals surface area contributed by atoms with Gasteiger partial charge in [0, 0.05) is 17.6 Å². The molecule has 1 aliphatic rings. The SMILES string of the molecule is COc1ccccc1C(C)N[C@@H](C)C1CCCCC1. The molecule has 1 aromatic rings. The summed E-state index contributed by atoms with van der Waals surface area (Å²) < 4.78 is 5.45. The van der Waals surface area contributed by atoms with Crippen LogP contribution in [0, 0.1) is 5.92 Å². The average Bonchev–Trinajstić information content (AvgIpc) is 2.48. The van der Waals surface area contributed by atoms with Gasteiger partial charge in [0.05, 0.1) is 7.11 Å². The maximum Gasteiger partial charge on any atom is 0.123 e. The highest BCUT2D eigenvalue weighted by Crippen LogP contribution is 2.29. The molecule has 1 aliphatic carbocycles. The lowest BCUT2D eigenvalue weighted by Gasteiger charge is -2.31. The predicted octanol–water partition coefficient (Wildman–Crippen LogP) is 4.31. The summed E-state index contributed by atoms with van der Waals surface area (Å²) >= 11 is 0. The van der Waals surface area contributed by atoms with E-state index in [9.17, 15) is 0 Å². The van der Waals surface area contributed by atoms with Crippen LogP contribution in [0.3, 0.4) is 0 Å². The van der Waals surface area contributed by atoms with Gasteiger partial charge in [0.1, 0.15) is 5.75 Å².